The van der Waals surface area contributed by atoms with Gasteiger partial charge in [0.25, 0.3) is 0 Å². The number of benzene rings is 8. The molecule has 2 aliphatic carbocycles. The van der Waals surface area contributed by atoms with E-state index < -0.39 is 0 Å². The summed E-state index contributed by atoms with van der Waals surface area (Å²) in [6.07, 6.45) is 1.86. The van der Waals surface area contributed by atoms with Gasteiger partial charge in [-0.1, -0.05) is 135 Å². The van der Waals surface area contributed by atoms with Crippen LogP contribution in [0.15, 0.2) is 170 Å². The monoisotopic (exact) mass is 678 g/mol. The Bertz CT molecular complexity index is 2870. The van der Waals surface area contributed by atoms with Crippen LogP contribution in [0.5, 0.6) is 0 Å². The quantitative estimate of drug-likeness (QED) is 0.180. The van der Waals surface area contributed by atoms with Crippen molar-refractivity contribution in [1.29, 1.82) is 0 Å². The molecule has 0 N–H and O–H groups in total. The molecule has 0 fully saturated rings. The summed E-state index contributed by atoms with van der Waals surface area (Å²) in [6, 6.07) is 62.6. The van der Waals surface area contributed by atoms with E-state index in [9.17, 15) is 0 Å². The van der Waals surface area contributed by atoms with Crippen LogP contribution in [-0.2, 0) is 18.3 Å². The fourth-order valence-electron chi connectivity index (χ4n) is 9.72. The summed E-state index contributed by atoms with van der Waals surface area (Å²) in [5.41, 5.74) is 18.6. The van der Waals surface area contributed by atoms with Crippen LogP contribution in [-0.4, -0.2) is 4.57 Å². The van der Waals surface area contributed by atoms with Gasteiger partial charge in [-0.25, -0.2) is 0 Å². The van der Waals surface area contributed by atoms with E-state index in [4.69, 9.17) is 0 Å². The van der Waals surface area contributed by atoms with Crippen molar-refractivity contribution in [2.45, 2.75) is 32.1 Å². The molecule has 0 spiro atoms. The molecule has 8 aromatic carbocycles. The van der Waals surface area contributed by atoms with Crippen molar-refractivity contribution in [3.8, 4) is 16.8 Å². The Morgan fingerprint density at radius 2 is 1.11 bits per heavy atom. The Morgan fingerprint density at radius 1 is 0.528 bits per heavy atom. The van der Waals surface area contributed by atoms with Crippen LogP contribution in [0.1, 0.15) is 47.2 Å². The molecule has 0 amide bonds. The molecule has 252 valence electrons. The van der Waals surface area contributed by atoms with Crippen LogP contribution >= 0.6 is 0 Å². The number of fused-ring (bicyclic) bond motifs is 12. The summed E-state index contributed by atoms with van der Waals surface area (Å²) in [5.74, 6) is 0. The van der Waals surface area contributed by atoms with Crippen LogP contribution in [0.25, 0.3) is 49.4 Å². The normalized spacial score (nSPS) is 13.8. The molecule has 2 aliphatic rings. The minimum absolute atomic E-state index is 0.188. The van der Waals surface area contributed by atoms with E-state index in [2.05, 4.69) is 193 Å². The Labute approximate surface area is 310 Å². The van der Waals surface area contributed by atoms with Gasteiger partial charge in [0.15, 0.2) is 0 Å². The first kappa shape index (κ1) is 30.3. The smallest absolute Gasteiger partial charge is 0.0591 e. The summed E-state index contributed by atoms with van der Waals surface area (Å²) < 4.78 is 2.59. The van der Waals surface area contributed by atoms with E-state index in [0.29, 0.717) is 0 Å². The van der Waals surface area contributed by atoms with Crippen molar-refractivity contribution in [3.63, 3.8) is 0 Å². The van der Waals surface area contributed by atoms with Crippen LogP contribution in [0, 0.1) is 0 Å². The average Bonchev–Trinajstić information content (AvgIpc) is 3.67. The molecular formula is C51H38N2. The SMILES string of the molecule is CC1(C)c2ccccc2-c2c3c(c4c5ccccc5n(-c5cccc(N(c6ccccc6)c6ccccc6)c5)c4c21)Cc1cc2ccccc2cc1C3. The van der Waals surface area contributed by atoms with Crippen LogP contribution in [0.3, 0.4) is 0 Å². The third-order valence-corrected chi connectivity index (χ3v) is 12.0. The molecule has 2 heteroatoms. The molecule has 0 saturated heterocycles. The fourth-order valence-corrected chi connectivity index (χ4v) is 9.72. The largest absolute Gasteiger partial charge is 0.310 e. The summed E-state index contributed by atoms with van der Waals surface area (Å²) in [6.45, 7) is 4.89. The molecule has 1 aromatic heterocycles. The van der Waals surface area contributed by atoms with E-state index in [-0.39, 0.29) is 5.41 Å². The van der Waals surface area contributed by atoms with E-state index >= 15 is 0 Å². The molecule has 11 rings (SSSR count). The molecule has 0 bridgehead atoms. The Kier molecular flexibility index (Phi) is 6.46. The number of aromatic nitrogens is 1. The topological polar surface area (TPSA) is 8.17 Å². The highest BCUT2D eigenvalue weighted by Crippen LogP contribution is 2.57. The molecule has 0 saturated carbocycles. The summed E-state index contributed by atoms with van der Waals surface area (Å²) in [4.78, 5) is 2.37. The van der Waals surface area contributed by atoms with Gasteiger partial charge in [-0.2, -0.15) is 0 Å². The number of anilines is 3. The number of nitrogens with zero attached hydrogens (tertiary/aromatic N) is 2. The Hall–Kier alpha value is -6.38. The third-order valence-electron chi connectivity index (χ3n) is 12.0. The van der Waals surface area contributed by atoms with Gasteiger partial charge in [-0.05, 0) is 117 Å². The number of hydrogen-bond acceptors (Lipinski definition) is 1. The maximum absolute atomic E-state index is 2.59. The molecule has 0 atom stereocenters. The molecule has 53 heavy (non-hydrogen) atoms. The minimum Gasteiger partial charge on any atom is -0.310 e. The molecule has 1 heterocycles. The summed E-state index contributed by atoms with van der Waals surface area (Å²) >= 11 is 0. The van der Waals surface area contributed by atoms with E-state index in [1.165, 1.54) is 82.8 Å². The predicted octanol–water partition coefficient (Wildman–Crippen LogP) is 13.2. The van der Waals surface area contributed by atoms with E-state index in [1.807, 2.05) is 0 Å². The maximum atomic E-state index is 2.59. The standard InChI is InChI=1S/C51H38N2/c1-51(2)45-26-13-11-24-41(45)47-43-30-35-28-33-16-9-10-17-34(33)29-36(35)31-44(43)48-42-25-12-14-27-46(42)53(50(48)49(47)51)40-23-15-22-39(32-40)52(37-18-5-3-6-19-37)38-20-7-4-8-21-38/h3-29,32H,30-31H2,1-2H3. The maximum Gasteiger partial charge on any atom is 0.0591 e. The van der Waals surface area contributed by atoms with Gasteiger partial charge >= 0.3 is 0 Å². The number of rotatable bonds is 4. The van der Waals surface area contributed by atoms with Crippen LogP contribution < -0.4 is 4.90 Å². The molecule has 0 radical (unpaired) electrons. The van der Waals surface area contributed by atoms with Gasteiger partial charge in [-0.15, -0.1) is 0 Å². The van der Waals surface area contributed by atoms with Crippen molar-refractivity contribution >= 4 is 49.6 Å². The van der Waals surface area contributed by atoms with Crippen molar-refractivity contribution in [3.05, 3.63) is 203 Å². The van der Waals surface area contributed by atoms with Gasteiger partial charge in [0, 0.05) is 38.9 Å². The predicted molar refractivity (Wildman–Crippen MR) is 223 cm³/mol. The van der Waals surface area contributed by atoms with Gasteiger partial charge in [0.1, 0.15) is 0 Å². The summed E-state index contributed by atoms with van der Waals surface area (Å²) in [5, 5.41) is 5.37. The molecule has 0 aliphatic heterocycles. The van der Waals surface area contributed by atoms with Gasteiger partial charge in [0.2, 0.25) is 0 Å². The lowest BCUT2D eigenvalue weighted by Gasteiger charge is -2.29. The van der Waals surface area contributed by atoms with Gasteiger partial charge in [-0.3, -0.25) is 0 Å². The first-order valence-corrected chi connectivity index (χ1v) is 18.8. The second kappa shape index (κ2) is 11.3. The lowest BCUT2D eigenvalue weighted by molar-refractivity contribution is 0.663. The minimum atomic E-state index is -0.188. The van der Waals surface area contributed by atoms with Crippen molar-refractivity contribution in [2.24, 2.45) is 0 Å². The fraction of sp³-hybridized carbons (Fsp3) is 0.0980. The lowest BCUT2D eigenvalue weighted by atomic mass is 9.76. The number of hydrogen-bond donors (Lipinski definition) is 0. The Balaban J connectivity index is 1.23. The first-order chi connectivity index (χ1) is 26.1. The Morgan fingerprint density at radius 3 is 1.83 bits per heavy atom. The molecule has 9 aromatic rings. The van der Waals surface area contributed by atoms with Crippen molar-refractivity contribution in [1.82, 2.24) is 4.57 Å². The third kappa shape index (κ3) is 4.39. The van der Waals surface area contributed by atoms with Crippen LogP contribution in [0.4, 0.5) is 17.1 Å². The molecule has 2 nitrogen and oxygen atoms in total. The van der Waals surface area contributed by atoms with Crippen LogP contribution in [0.2, 0.25) is 0 Å². The van der Waals surface area contributed by atoms with Gasteiger partial charge < -0.3 is 9.47 Å². The van der Waals surface area contributed by atoms with E-state index in [0.717, 1.165) is 29.9 Å². The van der Waals surface area contributed by atoms with E-state index in [1.54, 1.807) is 0 Å². The first-order valence-electron chi connectivity index (χ1n) is 18.8. The zero-order valence-electron chi connectivity index (χ0n) is 30.0. The average molecular weight is 679 g/mol. The number of para-hydroxylation sites is 3. The lowest BCUT2D eigenvalue weighted by Crippen LogP contribution is -2.18. The second-order valence-corrected chi connectivity index (χ2v) is 15.3. The zero-order chi connectivity index (χ0) is 35.3. The molecular weight excluding hydrogens is 641 g/mol. The summed E-state index contributed by atoms with van der Waals surface area (Å²) in [7, 11) is 0. The highest BCUT2D eigenvalue weighted by molar-refractivity contribution is 6.16. The zero-order valence-corrected chi connectivity index (χ0v) is 30.0. The van der Waals surface area contributed by atoms with Crippen molar-refractivity contribution in [2.75, 3.05) is 4.90 Å². The van der Waals surface area contributed by atoms with Crippen molar-refractivity contribution < 1.29 is 0 Å². The molecule has 0 unspecified atom stereocenters. The second-order valence-electron chi connectivity index (χ2n) is 15.3. The highest BCUT2D eigenvalue weighted by atomic mass is 15.1. The highest BCUT2D eigenvalue weighted by Gasteiger charge is 2.42. The van der Waals surface area contributed by atoms with Gasteiger partial charge in [0.05, 0.1) is 11.0 Å².